The number of rotatable bonds is 3. The Balaban J connectivity index is 1.72. The summed E-state index contributed by atoms with van der Waals surface area (Å²) in [6.45, 7) is 2.26. The smallest absolute Gasteiger partial charge is 0.338 e. The highest BCUT2D eigenvalue weighted by atomic mass is 19.1. The lowest BCUT2D eigenvalue weighted by Gasteiger charge is -2.44. The first-order valence-electron chi connectivity index (χ1n) is 9.45. The van der Waals surface area contributed by atoms with Gasteiger partial charge in [0.2, 0.25) is 0 Å². The van der Waals surface area contributed by atoms with Crippen LogP contribution in [0.1, 0.15) is 54.6 Å². The molecule has 3 nitrogen and oxygen atoms in total. The van der Waals surface area contributed by atoms with Gasteiger partial charge in [-0.25, -0.2) is 9.18 Å². The number of carboxylic acids is 1. The van der Waals surface area contributed by atoms with E-state index in [1.165, 1.54) is 36.1 Å². The maximum Gasteiger partial charge on any atom is 0.338 e. The van der Waals surface area contributed by atoms with Gasteiger partial charge in [0.15, 0.2) is 0 Å². The number of carboxylic acid groups (broad SMARTS) is 1. The number of hydrogen-bond acceptors (Lipinski definition) is 2. The lowest BCUT2D eigenvalue weighted by Crippen LogP contribution is -2.45. The van der Waals surface area contributed by atoms with Crippen molar-refractivity contribution in [3.8, 4) is 0 Å². The highest BCUT2D eigenvalue weighted by molar-refractivity contribution is 5.87. The van der Waals surface area contributed by atoms with Gasteiger partial charge < -0.3 is 10.4 Å². The normalized spacial score (nSPS) is 30.1. The standard InChI is InChI=1S/C22H24FNO2/c1-2-13-7-10-20-18(11-13)15-5-3-4-6-16(15)21(24-20)14-8-9-17(22(25)26)19(23)12-14/h3-6,8-9,12-13,16,20-21,24H,2,7,10-11H2,1H3,(H,25,26)/t13?,16-,20?,21-/m0/s1. The molecule has 4 rings (SSSR count). The molecule has 0 bridgehead atoms. The van der Waals surface area contributed by atoms with E-state index in [0.717, 1.165) is 24.3 Å². The predicted octanol–water partition coefficient (Wildman–Crippen LogP) is 4.79. The second-order valence-corrected chi connectivity index (χ2v) is 7.55. The van der Waals surface area contributed by atoms with E-state index in [-0.39, 0.29) is 17.5 Å². The largest absolute Gasteiger partial charge is 0.478 e. The first-order valence-corrected chi connectivity index (χ1v) is 9.45. The Bertz CT molecular complexity index is 823. The fourth-order valence-corrected chi connectivity index (χ4v) is 4.68. The minimum Gasteiger partial charge on any atom is -0.478 e. The van der Waals surface area contributed by atoms with Crippen LogP contribution in [0.4, 0.5) is 4.39 Å². The van der Waals surface area contributed by atoms with Gasteiger partial charge in [0.05, 0.1) is 5.56 Å². The van der Waals surface area contributed by atoms with Crippen LogP contribution in [0.2, 0.25) is 0 Å². The summed E-state index contributed by atoms with van der Waals surface area (Å²) in [7, 11) is 0. The Kier molecular flexibility index (Phi) is 4.53. The first-order chi connectivity index (χ1) is 12.6. The maximum absolute atomic E-state index is 14.3. The van der Waals surface area contributed by atoms with Gasteiger partial charge in [0, 0.05) is 18.0 Å². The lowest BCUT2D eigenvalue weighted by atomic mass is 9.70. The summed E-state index contributed by atoms with van der Waals surface area (Å²) in [4.78, 5) is 11.1. The zero-order valence-corrected chi connectivity index (χ0v) is 14.9. The summed E-state index contributed by atoms with van der Waals surface area (Å²) in [5, 5.41) is 12.8. The number of nitrogens with one attached hydrogen (secondary N) is 1. The SMILES string of the molecule is CCC1CCC2N[C@@H](c3ccc(C(=O)O)c(F)c3)[C@H]3C=CC=CC3=C2C1. The van der Waals surface area contributed by atoms with E-state index in [0.29, 0.717) is 6.04 Å². The van der Waals surface area contributed by atoms with E-state index in [9.17, 15) is 9.18 Å². The molecule has 1 saturated carbocycles. The molecule has 1 aromatic carbocycles. The third-order valence-corrected chi connectivity index (χ3v) is 6.13. The molecule has 0 amide bonds. The zero-order chi connectivity index (χ0) is 18.3. The number of aromatic carboxylic acids is 1. The van der Waals surface area contributed by atoms with E-state index >= 15 is 0 Å². The summed E-state index contributed by atoms with van der Waals surface area (Å²) in [6.07, 6.45) is 13.2. The number of allylic oxidation sites excluding steroid dienone is 3. The Morgan fingerprint density at radius 2 is 2.15 bits per heavy atom. The summed E-state index contributed by atoms with van der Waals surface area (Å²) >= 11 is 0. The fraction of sp³-hybridized carbons (Fsp3) is 0.409. The van der Waals surface area contributed by atoms with Crippen molar-refractivity contribution in [2.24, 2.45) is 11.8 Å². The molecule has 0 spiro atoms. The first kappa shape index (κ1) is 17.2. The third-order valence-electron chi connectivity index (χ3n) is 6.13. The molecule has 136 valence electrons. The van der Waals surface area contributed by atoms with Crippen molar-refractivity contribution >= 4 is 5.97 Å². The molecule has 2 N–H and O–H groups in total. The van der Waals surface area contributed by atoms with Gasteiger partial charge in [0.1, 0.15) is 5.82 Å². The molecule has 1 heterocycles. The van der Waals surface area contributed by atoms with Gasteiger partial charge in [0.25, 0.3) is 0 Å². The van der Waals surface area contributed by atoms with Gasteiger partial charge in [-0.2, -0.15) is 0 Å². The monoisotopic (exact) mass is 353 g/mol. The van der Waals surface area contributed by atoms with Gasteiger partial charge >= 0.3 is 5.97 Å². The molecule has 1 aliphatic heterocycles. The summed E-state index contributed by atoms with van der Waals surface area (Å²) < 4.78 is 14.3. The van der Waals surface area contributed by atoms with Crippen molar-refractivity contribution < 1.29 is 14.3 Å². The summed E-state index contributed by atoms with van der Waals surface area (Å²) in [6, 6.07) is 4.80. The van der Waals surface area contributed by atoms with Crippen LogP contribution in [0.5, 0.6) is 0 Å². The number of fused-ring (bicyclic) bond motifs is 2. The highest BCUT2D eigenvalue weighted by Crippen LogP contribution is 2.44. The van der Waals surface area contributed by atoms with Gasteiger partial charge in [-0.05, 0) is 54.0 Å². The second kappa shape index (κ2) is 6.84. The van der Waals surface area contributed by atoms with Crippen LogP contribution in [-0.2, 0) is 0 Å². The Morgan fingerprint density at radius 3 is 2.88 bits per heavy atom. The van der Waals surface area contributed by atoms with Crippen LogP contribution in [-0.4, -0.2) is 17.1 Å². The van der Waals surface area contributed by atoms with E-state index in [1.807, 2.05) is 6.08 Å². The van der Waals surface area contributed by atoms with Gasteiger partial charge in [-0.1, -0.05) is 43.7 Å². The molecular formula is C22H24FNO2. The lowest BCUT2D eigenvalue weighted by molar-refractivity contribution is 0.0692. The quantitative estimate of drug-likeness (QED) is 0.822. The van der Waals surface area contributed by atoms with E-state index in [2.05, 4.69) is 30.5 Å². The van der Waals surface area contributed by atoms with Crippen LogP contribution in [0.15, 0.2) is 53.6 Å². The van der Waals surface area contributed by atoms with E-state index in [4.69, 9.17) is 5.11 Å². The van der Waals surface area contributed by atoms with Crippen molar-refractivity contribution in [1.82, 2.24) is 5.32 Å². The second-order valence-electron chi connectivity index (χ2n) is 7.55. The zero-order valence-electron chi connectivity index (χ0n) is 14.9. The molecule has 1 aromatic rings. The molecule has 4 atom stereocenters. The van der Waals surface area contributed by atoms with E-state index in [1.54, 1.807) is 6.07 Å². The van der Waals surface area contributed by atoms with Crippen LogP contribution < -0.4 is 5.32 Å². The number of halogens is 1. The summed E-state index contributed by atoms with van der Waals surface area (Å²) in [5.41, 5.74) is 3.41. The minimum absolute atomic E-state index is 0.0320. The van der Waals surface area contributed by atoms with Gasteiger partial charge in [-0.3, -0.25) is 0 Å². The third kappa shape index (κ3) is 2.92. The number of benzene rings is 1. The van der Waals surface area contributed by atoms with Crippen LogP contribution in [0.3, 0.4) is 0 Å². The Hall–Kier alpha value is -2.20. The van der Waals surface area contributed by atoms with E-state index < -0.39 is 11.8 Å². The molecule has 2 unspecified atom stereocenters. The molecule has 1 fully saturated rings. The molecule has 0 aromatic heterocycles. The molecule has 2 aliphatic carbocycles. The van der Waals surface area contributed by atoms with Crippen LogP contribution in [0, 0.1) is 17.7 Å². The summed E-state index contributed by atoms with van der Waals surface area (Å²) in [5.74, 6) is -0.985. The highest BCUT2D eigenvalue weighted by Gasteiger charge is 2.38. The average molecular weight is 353 g/mol. The molecule has 0 saturated heterocycles. The van der Waals surface area contributed by atoms with Gasteiger partial charge in [-0.15, -0.1) is 0 Å². The van der Waals surface area contributed by atoms with Crippen molar-refractivity contribution in [3.05, 3.63) is 70.6 Å². The van der Waals surface area contributed by atoms with Crippen LogP contribution in [0.25, 0.3) is 0 Å². The molecule has 26 heavy (non-hydrogen) atoms. The van der Waals surface area contributed by atoms with Crippen molar-refractivity contribution in [2.75, 3.05) is 0 Å². The van der Waals surface area contributed by atoms with Crippen molar-refractivity contribution in [1.29, 1.82) is 0 Å². The van der Waals surface area contributed by atoms with Crippen molar-refractivity contribution in [3.63, 3.8) is 0 Å². The minimum atomic E-state index is -1.23. The number of carbonyl (C=O) groups is 1. The Labute approximate surface area is 153 Å². The maximum atomic E-state index is 14.3. The molecule has 0 radical (unpaired) electrons. The van der Waals surface area contributed by atoms with Crippen LogP contribution >= 0.6 is 0 Å². The Morgan fingerprint density at radius 1 is 1.31 bits per heavy atom. The topological polar surface area (TPSA) is 49.3 Å². The molecule has 3 aliphatic rings. The molecular weight excluding hydrogens is 329 g/mol. The number of hydrogen-bond donors (Lipinski definition) is 2. The predicted molar refractivity (Wildman–Crippen MR) is 99.5 cm³/mol. The molecule has 4 heteroatoms. The van der Waals surface area contributed by atoms with Crippen molar-refractivity contribution in [2.45, 2.75) is 44.7 Å². The fourth-order valence-electron chi connectivity index (χ4n) is 4.68. The average Bonchev–Trinajstić information content (AvgIpc) is 2.66.